The molecule has 1 aromatic carbocycles. The molecule has 0 radical (unpaired) electrons. The summed E-state index contributed by atoms with van der Waals surface area (Å²) in [6, 6.07) is 6.58. The molecule has 3 amide bonds. The van der Waals surface area contributed by atoms with Crippen molar-refractivity contribution >= 4 is 29.4 Å². The van der Waals surface area contributed by atoms with Gasteiger partial charge in [-0.1, -0.05) is 18.2 Å². The molecular weight excluding hydrogens is 218 g/mol. The number of imide groups is 1. The Hall–Kier alpha value is -2.43. The highest BCUT2D eigenvalue weighted by Crippen LogP contribution is 2.31. The molecule has 17 heavy (non-hydrogen) atoms. The summed E-state index contributed by atoms with van der Waals surface area (Å²) in [5.74, 6) is -0.333. The molecule has 2 aliphatic rings. The molecule has 0 bridgehead atoms. The molecule has 0 aromatic heterocycles. The van der Waals surface area contributed by atoms with E-state index in [4.69, 9.17) is 0 Å². The third kappa shape index (κ3) is 1.61. The molecule has 5 nitrogen and oxygen atoms in total. The van der Waals surface area contributed by atoms with E-state index in [1.807, 2.05) is 24.3 Å². The Bertz CT molecular complexity index is 575. The van der Waals surface area contributed by atoms with Gasteiger partial charge in [-0.2, -0.15) is 0 Å². The number of rotatable bonds is 1. The van der Waals surface area contributed by atoms with Gasteiger partial charge in [-0.25, -0.2) is 4.79 Å². The van der Waals surface area contributed by atoms with E-state index < -0.39 is 12.1 Å². The predicted octanol–water partition coefficient (Wildman–Crippen LogP) is 0.994. The molecule has 0 spiro atoms. The Morgan fingerprint density at radius 3 is 2.82 bits per heavy atom. The third-order valence-corrected chi connectivity index (χ3v) is 2.71. The summed E-state index contributed by atoms with van der Waals surface area (Å²) < 4.78 is 0. The van der Waals surface area contributed by atoms with Gasteiger partial charge < -0.3 is 5.32 Å². The van der Waals surface area contributed by atoms with Gasteiger partial charge >= 0.3 is 6.03 Å². The summed E-state index contributed by atoms with van der Waals surface area (Å²) in [6.45, 7) is 0. The Morgan fingerprint density at radius 2 is 2.06 bits per heavy atom. The first-order valence-electron chi connectivity index (χ1n) is 5.21. The quantitative estimate of drug-likeness (QED) is 0.702. The van der Waals surface area contributed by atoms with Crippen molar-refractivity contribution in [3.05, 3.63) is 35.9 Å². The Kier molecular flexibility index (Phi) is 2.04. The Labute approximate surface area is 97.2 Å². The van der Waals surface area contributed by atoms with E-state index in [0.717, 1.165) is 16.8 Å². The fraction of sp³-hybridized carbons (Fsp3) is 0.0833. The summed E-state index contributed by atoms with van der Waals surface area (Å²) >= 11 is 0. The van der Waals surface area contributed by atoms with E-state index in [9.17, 15) is 9.59 Å². The first-order chi connectivity index (χ1) is 8.24. The topological polar surface area (TPSA) is 70.6 Å². The summed E-state index contributed by atoms with van der Waals surface area (Å²) in [7, 11) is 0. The smallest absolute Gasteiger partial charge is 0.322 e. The number of carbonyl (C=O) groups excluding carboxylic acids is 2. The van der Waals surface area contributed by atoms with E-state index in [0.29, 0.717) is 0 Å². The maximum Gasteiger partial charge on any atom is 0.322 e. The van der Waals surface area contributed by atoms with Gasteiger partial charge in [0.1, 0.15) is 6.04 Å². The molecule has 1 aromatic rings. The van der Waals surface area contributed by atoms with Crippen LogP contribution in [0.15, 0.2) is 35.3 Å². The average Bonchev–Trinajstić information content (AvgIpc) is 2.85. The zero-order chi connectivity index (χ0) is 11.8. The molecule has 84 valence electrons. The molecule has 1 saturated heterocycles. The van der Waals surface area contributed by atoms with Crippen LogP contribution in [0, 0.1) is 0 Å². The SMILES string of the molecule is O=C1NC(=O)C(C=C2C=Nc3ccccc32)N1. The van der Waals surface area contributed by atoms with Gasteiger partial charge in [0.15, 0.2) is 0 Å². The average molecular weight is 227 g/mol. The van der Waals surface area contributed by atoms with Crippen molar-refractivity contribution in [2.75, 3.05) is 0 Å². The van der Waals surface area contributed by atoms with Crippen LogP contribution in [0.5, 0.6) is 0 Å². The standard InChI is InChI=1S/C12H9N3O2/c16-11-10(14-12(17)15-11)5-7-6-13-9-4-2-1-3-8(7)9/h1-6,10H,(H2,14,15,16,17). The second-order valence-corrected chi connectivity index (χ2v) is 3.84. The molecule has 2 N–H and O–H groups in total. The van der Waals surface area contributed by atoms with E-state index >= 15 is 0 Å². The first-order valence-corrected chi connectivity index (χ1v) is 5.21. The van der Waals surface area contributed by atoms with Gasteiger partial charge in [0.2, 0.25) is 0 Å². The lowest BCUT2D eigenvalue weighted by Gasteiger charge is -2.02. The summed E-state index contributed by atoms with van der Waals surface area (Å²) in [6.07, 6.45) is 3.40. The maximum atomic E-state index is 11.4. The molecular formula is C12H9N3O2. The molecule has 0 aliphatic carbocycles. The van der Waals surface area contributed by atoms with Crippen LogP contribution in [0.2, 0.25) is 0 Å². The van der Waals surface area contributed by atoms with E-state index in [2.05, 4.69) is 15.6 Å². The van der Waals surface area contributed by atoms with Crippen molar-refractivity contribution in [1.29, 1.82) is 0 Å². The number of nitrogens with zero attached hydrogens (tertiary/aromatic N) is 1. The number of fused-ring (bicyclic) bond motifs is 1. The molecule has 3 rings (SSSR count). The van der Waals surface area contributed by atoms with Crippen LogP contribution >= 0.6 is 0 Å². The second-order valence-electron chi connectivity index (χ2n) is 3.84. The van der Waals surface area contributed by atoms with Gasteiger partial charge in [-0.3, -0.25) is 15.1 Å². The predicted molar refractivity (Wildman–Crippen MR) is 63.0 cm³/mol. The van der Waals surface area contributed by atoms with Crippen LogP contribution in [0.1, 0.15) is 5.56 Å². The van der Waals surface area contributed by atoms with Gasteiger partial charge in [0.25, 0.3) is 5.91 Å². The number of aliphatic imine (C=N–C) groups is 1. The number of carbonyl (C=O) groups is 2. The van der Waals surface area contributed by atoms with Crippen molar-refractivity contribution in [2.45, 2.75) is 6.04 Å². The maximum absolute atomic E-state index is 11.4. The minimum atomic E-state index is -0.616. The molecule has 1 fully saturated rings. The van der Waals surface area contributed by atoms with Gasteiger partial charge in [0, 0.05) is 17.4 Å². The normalized spacial score (nSPS) is 23.8. The fourth-order valence-electron chi connectivity index (χ4n) is 1.90. The van der Waals surface area contributed by atoms with E-state index in [1.165, 1.54) is 0 Å². The third-order valence-electron chi connectivity index (χ3n) is 2.71. The zero-order valence-electron chi connectivity index (χ0n) is 8.81. The van der Waals surface area contributed by atoms with Crippen LogP contribution in [0.3, 0.4) is 0 Å². The van der Waals surface area contributed by atoms with Crippen molar-refractivity contribution in [3.8, 4) is 0 Å². The molecule has 0 saturated carbocycles. The van der Waals surface area contributed by atoms with Crippen LogP contribution in [0.25, 0.3) is 5.57 Å². The van der Waals surface area contributed by atoms with Gasteiger partial charge in [-0.15, -0.1) is 0 Å². The van der Waals surface area contributed by atoms with Crippen LogP contribution in [-0.4, -0.2) is 24.2 Å². The lowest BCUT2D eigenvalue weighted by Crippen LogP contribution is -2.26. The Balaban J connectivity index is 1.95. The number of urea groups is 1. The van der Waals surface area contributed by atoms with Gasteiger partial charge in [-0.05, 0) is 12.1 Å². The van der Waals surface area contributed by atoms with Crippen LogP contribution < -0.4 is 10.6 Å². The number of hydrogen-bond donors (Lipinski definition) is 2. The lowest BCUT2D eigenvalue weighted by atomic mass is 10.0. The molecule has 5 heteroatoms. The molecule has 2 aliphatic heterocycles. The van der Waals surface area contributed by atoms with Crippen molar-refractivity contribution in [2.24, 2.45) is 4.99 Å². The van der Waals surface area contributed by atoms with E-state index in [-0.39, 0.29) is 5.91 Å². The first kappa shape index (κ1) is 9.77. The minimum Gasteiger partial charge on any atom is -0.322 e. The van der Waals surface area contributed by atoms with Crippen LogP contribution in [0.4, 0.5) is 10.5 Å². The number of para-hydroxylation sites is 1. The highest BCUT2D eigenvalue weighted by atomic mass is 16.2. The van der Waals surface area contributed by atoms with Crippen molar-refractivity contribution in [1.82, 2.24) is 10.6 Å². The highest BCUT2D eigenvalue weighted by molar-refractivity contribution is 6.18. The van der Waals surface area contributed by atoms with Crippen molar-refractivity contribution < 1.29 is 9.59 Å². The lowest BCUT2D eigenvalue weighted by molar-refractivity contribution is -0.119. The summed E-state index contributed by atoms with van der Waals surface area (Å²) in [5.41, 5.74) is 2.70. The summed E-state index contributed by atoms with van der Waals surface area (Å²) in [4.78, 5) is 26.6. The molecule has 2 heterocycles. The fourth-order valence-corrected chi connectivity index (χ4v) is 1.90. The summed E-state index contributed by atoms with van der Waals surface area (Å²) in [5, 5.41) is 4.71. The van der Waals surface area contributed by atoms with Crippen molar-refractivity contribution in [3.63, 3.8) is 0 Å². The highest BCUT2D eigenvalue weighted by Gasteiger charge is 2.28. The monoisotopic (exact) mass is 227 g/mol. The largest absolute Gasteiger partial charge is 0.322 e. The second kappa shape index (κ2) is 3.55. The molecule has 1 unspecified atom stereocenters. The minimum absolute atomic E-state index is 0.333. The number of hydrogen-bond acceptors (Lipinski definition) is 3. The zero-order valence-corrected chi connectivity index (χ0v) is 8.81. The number of benzene rings is 1. The van der Waals surface area contributed by atoms with E-state index in [1.54, 1.807) is 12.3 Å². The number of amides is 3. The van der Waals surface area contributed by atoms with Gasteiger partial charge in [0.05, 0.1) is 5.69 Å². The Morgan fingerprint density at radius 1 is 1.24 bits per heavy atom. The van der Waals surface area contributed by atoms with Crippen LogP contribution in [-0.2, 0) is 4.79 Å². The number of nitrogens with one attached hydrogen (secondary N) is 2. The molecule has 1 atom stereocenters. The number of allylic oxidation sites excluding steroid dienone is 1.